The van der Waals surface area contributed by atoms with Gasteiger partial charge in [0, 0.05) is 58.2 Å². The number of nitrogens with one attached hydrogen (secondary N) is 3. The molecule has 0 saturated carbocycles. The lowest BCUT2D eigenvalue weighted by atomic mass is 10.2. The fourth-order valence-electron chi connectivity index (χ4n) is 3.19. The lowest BCUT2D eigenvalue weighted by Crippen LogP contribution is -2.53. The number of ether oxygens (including phenoxy) is 3. The van der Waals surface area contributed by atoms with E-state index in [1.54, 1.807) is 0 Å². The number of nitrogens with zero attached hydrogens (tertiary/aromatic N) is 1. The van der Waals surface area contributed by atoms with Crippen LogP contribution in [-0.4, -0.2) is 124 Å². The molecular weight excluding hydrogens is 524 g/mol. The number of thioether (sulfide) groups is 1. The highest BCUT2D eigenvalue weighted by atomic mass is 32.2. The number of hydrogen-bond acceptors (Lipinski definition) is 11. The van der Waals surface area contributed by atoms with Gasteiger partial charge in [0.05, 0.1) is 31.7 Å². The summed E-state index contributed by atoms with van der Waals surface area (Å²) in [5, 5.41) is 7.08. The van der Waals surface area contributed by atoms with Crippen LogP contribution in [0.1, 0.15) is 25.7 Å². The van der Waals surface area contributed by atoms with Crippen molar-refractivity contribution in [3.8, 4) is 0 Å². The number of carbonyl (C=O) groups excluding carboxylic acids is 7. The number of amides is 5. The standard InChI is InChI=1S/C23H36N4O10S/c1-35-16-20(31)25-15-17(22(33)24-5-10-37-12-11-36-9-3-8-29)26-19(30)4-13-38-18-14-21(32)27(23(18)34)6-2-7-28/h7-8,17-18H,2-6,9-16H2,1H3,(H,24,33)(H,25,31)(H,26,30)/t17-,18?/m1/s1. The first-order chi connectivity index (χ1) is 18.3. The Morgan fingerprint density at radius 1 is 1.03 bits per heavy atom. The van der Waals surface area contributed by atoms with Crippen molar-refractivity contribution in [3.63, 3.8) is 0 Å². The largest absolute Gasteiger partial charge is 0.379 e. The third kappa shape index (κ3) is 13.6. The molecule has 0 radical (unpaired) electrons. The Bertz CT molecular complexity index is 813. The molecule has 15 heteroatoms. The van der Waals surface area contributed by atoms with Crippen LogP contribution >= 0.6 is 11.8 Å². The Kier molecular flexibility index (Phi) is 17.6. The van der Waals surface area contributed by atoms with Crippen LogP contribution in [0.25, 0.3) is 0 Å². The number of methoxy groups -OCH3 is 1. The SMILES string of the molecule is COCC(=O)NC[C@@H](NC(=O)CCSC1CC(=O)N(CCC=O)C1=O)C(=O)NCCOCCOCCC=O. The molecule has 5 amide bonds. The van der Waals surface area contributed by atoms with Crippen molar-refractivity contribution in [3.05, 3.63) is 0 Å². The minimum absolute atomic E-state index is 0.00742. The minimum Gasteiger partial charge on any atom is -0.379 e. The number of aldehydes is 2. The van der Waals surface area contributed by atoms with Crippen molar-refractivity contribution in [1.29, 1.82) is 0 Å². The maximum Gasteiger partial charge on any atom is 0.246 e. The third-order valence-electron chi connectivity index (χ3n) is 5.05. The van der Waals surface area contributed by atoms with E-state index < -0.39 is 29.0 Å². The molecule has 0 aromatic carbocycles. The molecule has 14 nitrogen and oxygen atoms in total. The maximum absolute atomic E-state index is 12.6. The van der Waals surface area contributed by atoms with Gasteiger partial charge in [-0.2, -0.15) is 0 Å². The summed E-state index contributed by atoms with van der Waals surface area (Å²) in [5.74, 6) is -1.97. The molecule has 38 heavy (non-hydrogen) atoms. The highest BCUT2D eigenvalue weighted by Gasteiger charge is 2.38. The second kappa shape index (κ2) is 20.1. The van der Waals surface area contributed by atoms with E-state index in [1.165, 1.54) is 7.11 Å². The van der Waals surface area contributed by atoms with Crippen LogP contribution in [0.4, 0.5) is 0 Å². The quantitative estimate of drug-likeness (QED) is 0.0742. The first-order valence-electron chi connectivity index (χ1n) is 12.1. The Labute approximate surface area is 225 Å². The number of likely N-dealkylation sites (tertiary alicyclic amines) is 1. The van der Waals surface area contributed by atoms with Crippen LogP contribution in [0.5, 0.6) is 0 Å². The minimum atomic E-state index is -1.06. The lowest BCUT2D eigenvalue weighted by Gasteiger charge is -2.19. The van der Waals surface area contributed by atoms with Gasteiger partial charge in [-0.25, -0.2) is 0 Å². The van der Waals surface area contributed by atoms with E-state index in [-0.39, 0.29) is 76.3 Å². The topological polar surface area (TPSA) is 187 Å². The molecule has 1 aliphatic rings. The third-order valence-corrected chi connectivity index (χ3v) is 6.26. The van der Waals surface area contributed by atoms with Crippen LogP contribution in [0, 0.1) is 0 Å². The molecule has 0 bridgehead atoms. The van der Waals surface area contributed by atoms with E-state index in [0.717, 1.165) is 22.9 Å². The molecule has 2 atom stereocenters. The van der Waals surface area contributed by atoms with Gasteiger partial charge in [0.15, 0.2) is 0 Å². The van der Waals surface area contributed by atoms with Gasteiger partial charge < -0.3 is 39.8 Å². The maximum atomic E-state index is 12.6. The zero-order chi connectivity index (χ0) is 28.2. The van der Waals surface area contributed by atoms with E-state index in [9.17, 15) is 33.6 Å². The summed E-state index contributed by atoms with van der Waals surface area (Å²) in [5.41, 5.74) is 0. The van der Waals surface area contributed by atoms with E-state index in [4.69, 9.17) is 14.2 Å². The highest BCUT2D eigenvalue weighted by Crippen LogP contribution is 2.25. The molecule has 0 spiro atoms. The van der Waals surface area contributed by atoms with Crippen molar-refractivity contribution >= 4 is 53.9 Å². The predicted molar refractivity (Wildman–Crippen MR) is 135 cm³/mol. The smallest absolute Gasteiger partial charge is 0.246 e. The first kappa shape index (κ1) is 33.1. The van der Waals surface area contributed by atoms with Gasteiger partial charge in [0.1, 0.15) is 25.2 Å². The summed E-state index contributed by atoms with van der Waals surface area (Å²) in [6.45, 7) is 0.913. The van der Waals surface area contributed by atoms with Crippen LogP contribution < -0.4 is 16.0 Å². The summed E-state index contributed by atoms with van der Waals surface area (Å²) < 4.78 is 15.2. The number of carbonyl (C=O) groups is 7. The van der Waals surface area contributed by atoms with Gasteiger partial charge >= 0.3 is 0 Å². The molecule has 214 valence electrons. The summed E-state index contributed by atoms with van der Waals surface area (Å²) in [6, 6.07) is -1.06. The zero-order valence-corrected chi connectivity index (χ0v) is 22.3. The van der Waals surface area contributed by atoms with E-state index >= 15 is 0 Å². The van der Waals surface area contributed by atoms with Crippen molar-refractivity contribution in [1.82, 2.24) is 20.9 Å². The summed E-state index contributed by atoms with van der Waals surface area (Å²) in [4.78, 5) is 82.9. The van der Waals surface area contributed by atoms with Crippen LogP contribution in [0.3, 0.4) is 0 Å². The van der Waals surface area contributed by atoms with Gasteiger partial charge in [0.25, 0.3) is 0 Å². The fourth-order valence-corrected chi connectivity index (χ4v) is 4.31. The second-order valence-electron chi connectivity index (χ2n) is 7.98. The number of rotatable bonds is 22. The first-order valence-corrected chi connectivity index (χ1v) is 13.2. The molecule has 0 aliphatic carbocycles. The van der Waals surface area contributed by atoms with Gasteiger partial charge in [-0.05, 0) is 0 Å². The summed E-state index contributed by atoms with van der Waals surface area (Å²) >= 11 is 1.16. The van der Waals surface area contributed by atoms with Gasteiger partial charge in [-0.3, -0.25) is 28.9 Å². The van der Waals surface area contributed by atoms with E-state index in [2.05, 4.69) is 16.0 Å². The summed E-state index contributed by atoms with van der Waals surface area (Å²) in [6.07, 6.45) is 1.75. The van der Waals surface area contributed by atoms with Gasteiger partial charge in [0.2, 0.25) is 29.5 Å². The van der Waals surface area contributed by atoms with Crippen molar-refractivity contribution < 1.29 is 47.8 Å². The zero-order valence-electron chi connectivity index (χ0n) is 21.4. The molecule has 0 aromatic heterocycles. The molecule has 1 fully saturated rings. The Balaban J connectivity index is 2.45. The van der Waals surface area contributed by atoms with Crippen LogP contribution in [0.2, 0.25) is 0 Å². The Morgan fingerprint density at radius 3 is 2.42 bits per heavy atom. The van der Waals surface area contributed by atoms with E-state index in [0.29, 0.717) is 25.9 Å². The summed E-state index contributed by atoms with van der Waals surface area (Å²) in [7, 11) is 1.35. The molecule has 1 saturated heterocycles. The number of hydrogen-bond donors (Lipinski definition) is 3. The normalized spacial score (nSPS) is 15.7. The van der Waals surface area contributed by atoms with Crippen molar-refractivity contribution in [2.45, 2.75) is 37.0 Å². The van der Waals surface area contributed by atoms with E-state index in [1.807, 2.05) is 0 Å². The molecular formula is C23H36N4O10S. The predicted octanol–water partition coefficient (Wildman–Crippen LogP) is -2.19. The molecule has 1 aliphatic heterocycles. The Hall–Kier alpha value is -2.88. The van der Waals surface area contributed by atoms with Gasteiger partial charge in [-0.15, -0.1) is 11.8 Å². The lowest BCUT2D eigenvalue weighted by molar-refractivity contribution is -0.138. The molecule has 1 rings (SSSR count). The van der Waals surface area contributed by atoms with Gasteiger partial charge in [-0.1, -0.05) is 0 Å². The highest BCUT2D eigenvalue weighted by molar-refractivity contribution is 8.00. The second-order valence-corrected chi connectivity index (χ2v) is 9.29. The average Bonchev–Trinajstić information content (AvgIpc) is 3.16. The van der Waals surface area contributed by atoms with Crippen LogP contribution in [-0.2, 0) is 47.8 Å². The average molecular weight is 561 g/mol. The Morgan fingerprint density at radius 2 is 1.74 bits per heavy atom. The van der Waals surface area contributed by atoms with Crippen molar-refractivity contribution in [2.75, 3.05) is 65.5 Å². The number of imide groups is 1. The molecule has 1 unspecified atom stereocenters. The van der Waals surface area contributed by atoms with Crippen molar-refractivity contribution in [2.24, 2.45) is 0 Å². The molecule has 1 heterocycles. The fraction of sp³-hybridized carbons (Fsp3) is 0.696. The monoisotopic (exact) mass is 560 g/mol. The van der Waals surface area contributed by atoms with Crippen LogP contribution in [0.15, 0.2) is 0 Å². The molecule has 0 aromatic rings. The molecule has 3 N–H and O–H groups in total.